The van der Waals surface area contributed by atoms with Crippen LogP contribution in [0.1, 0.15) is 12.5 Å². The topological polar surface area (TPSA) is 57.4 Å². The smallest absolute Gasteiger partial charge is 0.282 e. The van der Waals surface area contributed by atoms with Crippen molar-refractivity contribution in [1.82, 2.24) is 0 Å². The van der Waals surface area contributed by atoms with E-state index in [1.165, 1.54) is 6.07 Å². The maximum absolute atomic E-state index is 11.5. The molecule has 104 valence electrons. The molecule has 0 bridgehead atoms. The van der Waals surface area contributed by atoms with Gasteiger partial charge in [0.1, 0.15) is 11.4 Å². The maximum atomic E-state index is 11.5. The number of benzene rings is 2. The Bertz CT molecular complexity index is 834. The summed E-state index contributed by atoms with van der Waals surface area (Å²) < 4.78 is 34.6. The molecule has 0 unspecified atom stereocenters. The molecule has 0 saturated carbocycles. The average molecular weight is 308 g/mol. The lowest BCUT2D eigenvalue weighted by Crippen LogP contribution is -2.09. The Morgan fingerprint density at radius 3 is 2.60 bits per heavy atom. The van der Waals surface area contributed by atoms with Gasteiger partial charge in [-0.2, -0.15) is 13.0 Å². The van der Waals surface area contributed by atoms with Gasteiger partial charge in [0.05, 0.1) is 10.9 Å². The molecule has 0 spiro atoms. The molecule has 1 N–H and O–H groups in total. The third kappa shape index (κ3) is 1.79. The normalized spacial score (nSPS) is 14.3. The molecule has 0 aromatic heterocycles. The number of rotatable bonds is 2. The molecular formula is C14H14NO3S2+. The Labute approximate surface area is 121 Å². The second-order valence-corrected chi connectivity index (χ2v) is 6.72. The van der Waals surface area contributed by atoms with Crippen LogP contribution >= 0.6 is 11.8 Å². The van der Waals surface area contributed by atoms with E-state index >= 15 is 0 Å². The molecule has 1 aliphatic heterocycles. The van der Waals surface area contributed by atoms with E-state index in [1.54, 1.807) is 23.9 Å². The minimum atomic E-state index is -4.22. The van der Waals surface area contributed by atoms with Gasteiger partial charge in [-0.15, -0.1) is 0 Å². The van der Waals surface area contributed by atoms with Crippen molar-refractivity contribution in [2.45, 2.75) is 11.8 Å². The summed E-state index contributed by atoms with van der Waals surface area (Å²) in [5, 5.41) is 2.58. The zero-order valence-corrected chi connectivity index (χ0v) is 12.8. The van der Waals surface area contributed by atoms with Gasteiger partial charge in [-0.05, 0) is 25.3 Å². The van der Waals surface area contributed by atoms with E-state index in [4.69, 9.17) is 0 Å². The second kappa shape index (κ2) is 4.58. The first-order valence-electron chi connectivity index (χ1n) is 6.21. The number of thioether (sulfide) groups is 1. The minimum absolute atomic E-state index is 0.0310. The Balaban J connectivity index is 2.47. The zero-order valence-electron chi connectivity index (χ0n) is 11.1. The first kappa shape index (κ1) is 13.6. The first-order chi connectivity index (χ1) is 9.49. The Hall–Kier alpha value is -1.37. The largest absolute Gasteiger partial charge is 0.295 e. The summed E-state index contributed by atoms with van der Waals surface area (Å²) in [5.74, 6) is 0. The molecule has 1 aliphatic rings. The van der Waals surface area contributed by atoms with Crippen LogP contribution in [0.4, 0.5) is 5.69 Å². The lowest BCUT2D eigenvalue weighted by Gasteiger charge is -2.04. The van der Waals surface area contributed by atoms with Crippen molar-refractivity contribution in [2.24, 2.45) is 0 Å². The summed E-state index contributed by atoms with van der Waals surface area (Å²) in [6.45, 7) is 2.87. The van der Waals surface area contributed by atoms with Crippen molar-refractivity contribution in [3.8, 4) is 0 Å². The molecule has 0 fully saturated rings. The lowest BCUT2D eigenvalue weighted by atomic mass is 10.1. The van der Waals surface area contributed by atoms with E-state index in [0.717, 1.165) is 28.2 Å². The van der Waals surface area contributed by atoms with E-state index in [-0.39, 0.29) is 4.90 Å². The van der Waals surface area contributed by atoms with Crippen LogP contribution < -0.4 is 0 Å². The molecule has 2 aromatic carbocycles. The van der Waals surface area contributed by atoms with Crippen molar-refractivity contribution >= 4 is 43.4 Å². The van der Waals surface area contributed by atoms with Gasteiger partial charge in [-0.3, -0.25) is 4.55 Å². The van der Waals surface area contributed by atoms with E-state index in [0.29, 0.717) is 5.39 Å². The van der Waals surface area contributed by atoms with Crippen LogP contribution in [-0.2, 0) is 10.1 Å². The molecule has 6 heteroatoms. The molecule has 0 aliphatic carbocycles. The van der Waals surface area contributed by atoms with Crippen molar-refractivity contribution in [3.05, 3.63) is 35.9 Å². The third-order valence-corrected chi connectivity index (χ3v) is 5.27. The Morgan fingerprint density at radius 2 is 2.00 bits per heavy atom. The zero-order chi connectivity index (χ0) is 14.5. The molecule has 3 rings (SSSR count). The number of hydrogen-bond donors (Lipinski definition) is 1. The van der Waals surface area contributed by atoms with Crippen LogP contribution in [0.25, 0.3) is 10.8 Å². The van der Waals surface area contributed by atoms with Crippen LogP contribution in [0.3, 0.4) is 0 Å². The van der Waals surface area contributed by atoms with Crippen LogP contribution in [-0.4, -0.2) is 35.4 Å². The van der Waals surface area contributed by atoms with Crippen LogP contribution in [0.5, 0.6) is 0 Å². The summed E-state index contributed by atoms with van der Waals surface area (Å²) >= 11 is 1.64. The Morgan fingerprint density at radius 1 is 1.25 bits per heavy atom. The molecule has 0 radical (unpaired) electrons. The number of hydrogen-bond acceptors (Lipinski definition) is 3. The van der Waals surface area contributed by atoms with Crippen LogP contribution in [0, 0.1) is 0 Å². The summed E-state index contributed by atoms with van der Waals surface area (Å²) in [7, 11) is -4.22. The molecule has 20 heavy (non-hydrogen) atoms. The van der Waals surface area contributed by atoms with Gasteiger partial charge in [-0.25, -0.2) is 0 Å². The predicted octanol–water partition coefficient (Wildman–Crippen LogP) is 2.87. The first-order valence-corrected chi connectivity index (χ1v) is 8.87. The molecule has 0 atom stereocenters. The van der Waals surface area contributed by atoms with Gasteiger partial charge in [0.2, 0.25) is 10.7 Å². The van der Waals surface area contributed by atoms with Crippen molar-refractivity contribution in [3.63, 3.8) is 0 Å². The highest BCUT2D eigenvalue weighted by molar-refractivity contribution is 8.13. The highest BCUT2D eigenvalue weighted by Crippen LogP contribution is 2.39. The molecule has 1 heterocycles. The molecular weight excluding hydrogens is 294 g/mol. The van der Waals surface area contributed by atoms with Gasteiger partial charge >= 0.3 is 0 Å². The lowest BCUT2D eigenvalue weighted by molar-refractivity contribution is -0.428. The molecule has 2 aromatic rings. The van der Waals surface area contributed by atoms with Crippen LogP contribution in [0.2, 0.25) is 0 Å². The monoisotopic (exact) mass is 308 g/mol. The van der Waals surface area contributed by atoms with Crippen molar-refractivity contribution in [2.75, 3.05) is 12.8 Å². The maximum Gasteiger partial charge on any atom is 0.295 e. The molecule has 0 amide bonds. The fourth-order valence-electron chi connectivity index (χ4n) is 2.78. The minimum Gasteiger partial charge on any atom is -0.282 e. The Kier molecular flexibility index (Phi) is 3.12. The quantitative estimate of drug-likeness (QED) is 0.684. The number of nitrogens with zero attached hydrogens (tertiary/aromatic N) is 1. The van der Waals surface area contributed by atoms with Gasteiger partial charge in [0.25, 0.3) is 10.1 Å². The summed E-state index contributed by atoms with van der Waals surface area (Å²) in [6.07, 6.45) is 2.01. The van der Waals surface area contributed by atoms with Crippen LogP contribution in [0.15, 0.2) is 35.2 Å². The standard InChI is InChI=1S/C14H13NO3S2/c1-3-15-11-7-8-12(20(16,17)18)9-5-4-6-10(13(9)11)14(15)19-2/h4-8H,3H2,1-2H3/p+1. The van der Waals surface area contributed by atoms with Gasteiger partial charge in [-0.1, -0.05) is 23.9 Å². The molecule has 4 nitrogen and oxygen atoms in total. The fraction of sp³-hybridized carbons (Fsp3) is 0.214. The van der Waals surface area contributed by atoms with Gasteiger partial charge < -0.3 is 0 Å². The third-order valence-electron chi connectivity index (χ3n) is 3.53. The van der Waals surface area contributed by atoms with E-state index < -0.39 is 10.1 Å². The highest BCUT2D eigenvalue weighted by Gasteiger charge is 2.32. The van der Waals surface area contributed by atoms with E-state index in [9.17, 15) is 13.0 Å². The highest BCUT2D eigenvalue weighted by atomic mass is 32.2. The fourth-order valence-corrected chi connectivity index (χ4v) is 4.30. The molecule has 0 saturated heterocycles. The summed E-state index contributed by atoms with van der Waals surface area (Å²) in [6, 6.07) is 8.79. The SMILES string of the molecule is CC[N+]1=C(SC)c2cccc3c(S(=O)(=O)O)ccc1c23. The predicted molar refractivity (Wildman–Crippen MR) is 81.8 cm³/mol. The second-order valence-electron chi connectivity index (χ2n) is 4.54. The van der Waals surface area contributed by atoms with E-state index in [1.807, 2.05) is 18.4 Å². The van der Waals surface area contributed by atoms with Gasteiger partial charge in [0.15, 0.2) is 0 Å². The summed E-state index contributed by atoms with van der Waals surface area (Å²) in [5.41, 5.74) is 2.02. The van der Waals surface area contributed by atoms with E-state index in [2.05, 4.69) is 11.5 Å². The van der Waals surface area contributed by atoms with Gasteiger partial charge in [0, 0.05) is 11.5 Å². The van der Waals surface area contributed by atoms with Crippen molar-refractivity contribution < 1.29 is 17.5 Å². The van der Waals surface area contributed by atoms with Crippen molar-refractivity contribution in [1.29, 1.82) is 0 Å². The average Bonchev–Trinajstić information content (AvgIpc) is 2.73. The summed E-state index contributed by atoms with van der Waals surface area (Å²) in [4.78, 5) is -0.0310.